The van der Waals surface area contributed by atoms with Gasteiger partial charge in [0.15, 0.2) is 0 Å². The van der Waals surface area contributed by atoms with Gasteiger partial charge in [-0.2, -0.15) is 18.6 Å². The number of hydrogen-bond acceptors (Lipinski definition) is 6. The number of hydrazone groups is 1. The molecule has 0 aliphatic rings. The van der Waals surface area contributed by atoms with Crippen LogP contribution in [0, 0.1) is 6.92 Å². The highest BCUT2D eigenvalue weighted by molar-refractivity contribution is 7.85. The normalized spacial score (nSPS) is 11.5. The minimum atomic E-state index is -4.54. The molecule has 0 spiro atoms. The van der Waals surface area contributed by atoms with Gasteiger partial charge in [0.25, 0.3) is 10.1 Å². The summed E-state index contributed by atoms with van der Waals surface area (Å²) in [6.45, 7) is 3.46. The van der Waals surface area contributed by atoms with E-state index in [1.807, 2.05) is 6.92 Å². The summed E-state index contributed by atoms with van der Waals surface area (Å²) in [6.07, 6.45) is 1.43. The maximum absolute atomic E-state index is 11.6. The number of rotatable bonds is 6. The number of hydrazine groups is 1. The van der Waals surface area contributed by atoms with Crippen LogP contribution < -0.4 is 10.5 Å². The lowest BCUT2D eigenvalue weighted by Crippen LogP contribution is -2.26. The third-order valence-electron chi connectivity index (χ3n) is 3.38. The van der Waals surface area contributed by atoms with Crippen LogP contribution in [0.3, 0.4) is 0 Å². The number of carboxylic acid groups (broad SMARTS) is 1. The number of aromatic carboxylic acids is 1. The summed E-state index contributed by atoms with van der Waals surface area (Å²) < 4.78 is 31.7. The van der Waals surface area contributed by atoms with Crippen molar-refractivity contribution in [3.63, 3.8) is 0 Å². The van der Waals surface area contributed by atoms with Crippen LogP contribution in [0.15, 0.2) is 46.4 Å². The molecule has 8 nitrogen and oxygen atoms in total. The number of nitrogens with zero attached hydrogens (tertiary/aromatic N) is 2. The molecule has 0 saturated carbocycles. The van der Waals surface area contributed by atoms with E-state index in [2.05, 4.69) is 10.5 Å². The molecule has 10 heteroatoms. The molecular weight excluding hydrogens is 382 g/mol. The highest BCUT2D eigenvalue weighted by Gasteiger charge is 2.21. The zero-order valence-corrected chi connectivity index (χ0v) is 15.4. The van der Waals surface area contributed by atoms with Crippen molar-refractivity contribution in [1.82, 2.24) is 0 Å². The first-order chi connectivity index (χ1) is 12.1. The van der Waals surface area contributed by atoms with Gasteiger partial charge in [-0.1, -0.05) is 17.7 Å². The highest BCUT2D eigenvalue weighted by Crippen LogP contribution is 2.27. The van der Waals surface area contributed by atoms with Crippen LogP contribution in [0.2, 0.25) is 5.02 Å². The average Bonchev–Trinajstić information content (AvgIpc) is 2.56. The van der Waals surface area contributed by atoms with Gasteiger partial charge in [-0.25, -0.2) is 4.79 Å². The molecule has 0 aromatic heterocycles. The van der Waals surface area contributed by atoms with E-state index >= 15 is 0 Å². The first-order valence-corrected chi connectivity index (χ1v) is 9.11. The number of hydrogen-bond donors (Lipinski definition) is 3. The molecule has 138 valence electrons. The van der Waals surface area contributed by atoms with Crippen LogP contribution in [0.5, 0.6) is 0 Å². The minimum Gasteiger partial charge on any atom is -0.478 e. The smallest absolute Gasteiger partial charge is 0.338 e. The molecule has 0 bridgehead atoms. The van der Waals surface area contributed by atoms with Crippen LogP contribution in [-0.2, 0) is 10.1 Å². The second kappa shape index (κ2) is 7.73. The Bertz CT molecular complexity index is 976. The Morgan fingerprint density at radius 1 is 1.27 bits per heavy atom. The lowest BCUT2D eigenvalue weighted by Gasteiger charge is -2.23. The zero-order chi connectivity index (χ0) is 19.5. The van der Waals surface area contributed by atoms with Gasteiger partial charge in [0.05, 0.1) is 21.8 Å². The van der Waals surface area contributed by atoms with Crippen LogP contribution in [0.4, 0.5) is 11.4 Å². The van der Waals surface area contributed by atoms with Gasteiger partial charge in [0, 0.05) is 11.2 Å². The molecule has 26 heavy (non-hydrogen) atoms. The summed E-state index contributed by atoms with van der Waals surface area (Å²) >= 11 is 5.99. The van der Waals surface area contributed by atoms with E-state index in [9.17, 15) is 18.3 Å². The first-order valence-electron chi connectivity index (χ1n) is 7.30. The van der Waals surface area contributed by atoms with Crippen molar-refractivity contribution in [2.75, 3.05) is 10.5 Å². The molecule has 0 aliphatic heterocycles. The number of aryl methyl sites for hydroxylation is 1. The van der Waals surface area contributed by atoms with Crippen molar-refractivity contribution >= 4 is 45.3 Å². The van der Waals surface area contributed by atoms with E-state index in [0.29, 0.717) is 10.7 Å². The molecule has 2 aromatic carbocycles. The van der Waals surface area contributed by atoms with E-state index in [4.69, 9.17) is 16.2 Å². The predicted octanol–water partition coefficient (Wildman–Crippen LogP) is 3.43. The Morgan fingerprint density at radius 3 is 2.54 bits per heavy atom. The molecule has 2 aromatic rings. The minimum absolute atomic E-state index is 0.0716. The monoisotopic (exact) mass is 397 g/mol. The number of carboxylic acids is 1. The summed E-state index contributed by atoms with van der Waals surface area (Å²) in [5.74, 6) is -1.38. The van der Waals surface area contributed by atoms with E-state index in [-0.39, 0.29) is 11.3 Å². The molecule has 0 unspecified atom stereocenters. The fourth-order valence-electron chi connectivity index (χ4n) is 2.13. The van der Waals surface area contributed by atoms with Crippen molar-refractivity contribution in [2.24, 2.45) is 5.10 Å². The maximum atomic E-state index is 11.6. The fraction of sp³-hybridized carbons (Fsp3) is 0.125. The Kier molecular flexibility index (Phi) is 5.86. The zero-order valence-electron chi connectivity index (χ0n) is 13.8. The molecular formula is C16H16ClN3O5S. The van der Waals surface area contributed by atoms with Crippen molar-refractivity contribution in [3.05, 3.63) is 52.5 Å². The van der Waals surface area contributed by atoms with Gasteiger partial charge in [0.2, 0.25) is 0 Å². The standard InChI is InChI=1S/C16H16ClN3O5S/c1-3-18-20(19-14-8-11(17)5-4-10(14)2)15-7-6-12(26(23,24)25)9-13(15)16(21)22/h3-9,19H,1-2H3,(H,21,22)(H,23,24,25). The third kappa shape index (κ3) is 4.51. The molecule has 0 aliphatic carbocycles. The molecule has 0 radical (unpaired) electrons. The number of carbonyl (C=O) groups is 1. The maximum Gasteiger partial charge on any atom is 0.338 e. The summed E-state index contributed by atoms with van der Waals surface area (Å²) in [7, 11) is -4.54. The van der Waals surface area contributed by atoms with Crippen molar-refractivity contribution in [1.29, 1.82) is 0 Å². The van der Waals surface area contributed by atoms with Gasteiger partial charge in [-0.15, -0.1) is 0 Å². The fourth-order valence-corrected chi connectivity index (χ4v) is 2.81. The van der Waals surface area contributed by atoms with Crippen molar-refractivity contribution in [3.8, 4) is 0 Å². The van der Waals surface area contributed by atoms with Gasteiger partial charge in [-0.3, -0.25) is 9.98 Å². The van der Waals surface area contributed by atoms with E-state index in [1.54, 1.807) is 25.1 Å². The van der Waals surface area contributed by atoms with Crippen LogP contribution in [0.1, 0.15) is 22.8 Å². The SMILES string of the molecule is CC=NN(Nc1cc(Cl)ccc1C)c1ccc(S(=O)(=O)O)cc1C(=O)O. The van der Waals surface area contributed by atoms with Crippen LogP contribution in [-0.4, -0.2) is 30.3 Å². The molecule has 3 N–H and O–H groups in total. The third-order valence-corrected chi connectivity index (χ3v) is 4.47. The summed E-state index contributed by atoms with van der Waals surface area (Å²) in [5.41, 5.74) is 4.06. The molecule has 0 amide bonds. The summed E-state index contributed by atoms with van der Waals surface area (Å²) in [4.78, 5) is 11.0. The molecule has 2 rings (SSSR count). The van der Waals surface area contributed by atoms with Crippen molar-refractivity contribution in [2.45, 2.75) is 18.7 Å². The van der Waals surface area contributed by atoms with Gasteiger partial charge in [0.1, 0.15) is 0 Å². The van der Waals surface area contributed by atoms with Crippen LogP contribution >= 0.6 is 11.6 Å². The topological polar surface area (TPSA) is 119 Å². The molecule has 0 atom stereocenters. The summed E-state index contributed by atoms with van der Waals surface area (Å²) in [5, 5.41) is 15.2. The predicted molar refractivity (Wildman–Crippen MR) is 99.7 cm³/mol. The summed E-state index contributed by atoms with van der Waals surface area (Å²) in [6, 6.07) is 8.30. The van der Waals surface area contributed by atoms with Crippen LogP contribution in [0.25, 0.3) is 0 Å². The molecule has 0 fully saturated rings. The highest BCUT2D eigenvalue weighted by atomic mass is 35.5. The van der Waals surface area contributed by atoms with Gasteiger partial charge in [-0.05, 0) is 49.7 Å². The lowest BCUT2D eigenvalue weighted by molar-refractivity contribution is 0.0697. The van der Waals surface area contributed by atoms with Gasteiger partial charge < -0.3 is 5.11 Å². The quantitative estimate of drug-likeness (QED) is 0.388. The van der Waals surface area contributed by atoms with E-state index < -0.39 is 21.0 Å². The molecule has 0 saturated heterocycles. The first kappa shape index (κ1) is 19.7. The average molecular weight is 398 g/mol. The number of benzene rings is 2. The van der Waals surface area contributed by atoms with Gasteiger partial charge >= 0.3 is 5.97 Å². The second-order valence-corrected chi connectivity index (χ2v) is 7.07. The number of anilines is 2. The Balaban J connectivity index is 2.56. The number of nitrogens with one attached hydrogen (secondary N) is 1. The van der Waals surface area contributed by atoms with E-state index in [1.165, 1.54) is 17.4 Å². The lowest BCUT2D eigenvalue weighted by atomic mass is 10.2. The Morgan fingerprint density at radius 2 is 1.96 bits per heavy atom. The Hall–Kier alpha value is -2.62. The number of halogens is 1. The van der Waals surface area contributed by atoms with E-state index in [0.717, 1.165) is 17.7 Å². The van der Waals surface area contributed by atoms with Crippen molar-refractivity contribution < 1.29 is 22.9 Å². The molecule has 0 heterocycles. The largest absolute Gasteiger partial charge is 0.478 e. The Labute approximate surface area is 155 Å². The second-order valence-electron chi connectivity index (χ2n) is 5.22.